The number of nitriles is 1. The summed E-state index contributed by atoms with van der Waals surface area (Å²) in [6, 6.07) is 9.33. The first-order valence-electron chi connectivity index (χ1n) is 10.2. The van der Waals surface area contributed by atoms with Crippen LogP contribution in [0.2, 0.25) is 5.02 Å². The number of amides is 2. The molecule has 11 heteroatoms. The number of aromatic nitrogens is 3. The molecule has 4 aromatic rings. The minimum atomic E-state index is -0.885. The minimum Gasteiger partial charge on any atom is -0.364 e. The Labute approximate surface area is 202 Å². The number of rotatable bonds is 5. The molecule has 0 saturated carbocycles. The van der Waals surface area contributed by atoms with Gasteiger partial charge in [0.2, 0.25) is 0 Å². The van der Waals surface area contributed by atoms with Crippen LogP contribution in [0.4, 0.5) is 14.5 Å². The van der Waals surface area contributed by atoms with Gasteiger partial charge in [0.05, 0.1) is 51.4 Å². The van der Waals surface area contributed by atoms with Crippen molar-refractivity contribution in [2.45, 2.75) is 20.4 Å². The number of aryl methyl sites for hydroxylation is 1. The van der Waals surface area contributed by atoms with Gasteiger partial charge in [-0.25, -0.2) is 13.8 Å². The molecule has 2 heterocycles. The number of nitrogens with one attached hydrogen (secondary N) is 1. The lowest BCUT2D eigenvalue weighted by atomic mass is 10.1. The number of fused-ring (bicyclic) bond motifs is 1. The minimum absolute atomic E-state index is 0.0163. The summed E-state index contributed by atoms with van der Waals surface area (Å²) < 4.78 is 29.0. The number of hydrogen-bond donors (Lipinski definition) is 2. The number of halogens is 3. The highest BCUT2D eigenvalue weighted by Crippen LogP contribution is 2.28. The zero-order valence-electron chi connectivity index (χ0n) is 18.5. The van der Waals surface area contributed by atoms with E-state index < -0.39 is 23.4 Å². The van der Waals surface area contributed by atoms with Crippen LogP contribution in [0.25, 0.3) is 10.9 Å². The van der Waals surface area contributed by atoms with Gasteiger partial charge in [-0.1, -0.05) is 17.7 Å². The predicted molar refractivity (Wildman–Crippen MR) is 125 cm³/mol. The molecule has 0 aliphatic carbocycles. The number of anilines is 1. The fourth-order valence-corrected chi connectivity index (χ4v) is 3.86. The van der Waals surface area contributed by atoms with Gasteiger partial charge in [-0.15, -0.1) is 0 Å². The third-order valence-electron chi connectivity index (χ3n) is 5.48. The molecular weight excluding hydrogens is 478 g/mol. The predicted octanol–water partition coefficient (Wildman–Crippen LogP) is 4.25. The average Bonchev–Trinajstić information content (AvgIpc) is 3.07. The van der Waals surface area contributed by atoms with Crippen LogP contribution < -0.4 is 11.1 Å². The normalized spacial score (nSPS) is 10.9. The second kappa shape index (κ2) is 9.12. The number of carbonyl (C=O) groups is 2. The highest BCUT2D eigenvalue weighted by molar-refractivity contribution is 6.31. The molecule has 0 aliphatic rings. The lowest BCUT2D eigenvalue weighted by molar-refractivity contribution is 0.0996. The first-order chi connectivity index (χ1) is 16.6. The maximum absolute atomic E-state index is 14.0. The van der Waals surface area contributed by atoms with Crippen molar-refractivity contribution >= 4 is 40.0 Å². The Morgan fingerprint density at radius 2 is 1.94 bits per heavy atom. The largest absolute Gasteiger partial charge is 0.364 e. The van der Waals surface area contributed by atoms with Crippen molar-refractivity contribution in [3.8, 4) is 6.07 Å². The van der Waals surface area contributed by atoms with Crippen molar-refractivity contribution in [1.82, 2.24) is 14.8 Å². The molecule has 0 unspecified atom stereocenters. The molecule has 2 aromatic heterocycles. The molecule has 0 aliphatic heterocycles. The van der Waals surface area contributed by atoms with E-state index in [-0.39, 0.29) is 39.3 Å². The maximum Gasteiger partial charge on any atom is 0.267 e. The maximum atomic E-state index is 14.0. The van der Waals surface area contributed by atoms with E-state index in [9.17, 15) is 23.6 Å². The summed E-state index contributed by atoms with van der Waals surface area (Å²) >= 11 is 5.91. The van der Waals surface area contributed by atoms with E-state index in [1.165, 1.54) is 24.3 Å². The standard InChI is InChI=1S/C24H17ClF2N6O2/c1-11-22(12(2)33(32-11)10-13-3-4-15(26)5-14(13)9-28)31-24(35)17-7-21(23(29)34)30-20-8-19(27)18(25)6-16(17)20/h3-8H,10H2,1-2H3,(H2,29,34)(H,31,35). The second-order valence-corrected chi connectivity index (χ2v) is 8.18. The van der Waals surface area contributed by atoms with Gasteiger partial charge in [0.25, 0.3) is 11.8 Å². The molecule has 0 saturated heterocycles. The van der Waals surface area contributed by atoms with Crippen molar-refractivity contribution in [2.75, 3.05) is 5.32 Å². The van der Waals surface area contributed by atoms with E-state index in [1.54, 1.807) is 18.5 Å². The van der Waals surface area contributed by atoms with Gasteiger partial charge in [0.1, 0.15) is 17.3 Å². The lowest BCUT2D eigenvalue weighted by Gasteiger charge is -2.11. The first-order valence-corrected chi connectivity index (χ1v) is 10.6. The van der Waals surface area contributed by atoms with Gasteiger partial charge in [-0.3, -0.25) is 14.3 Å². The molecule has 3 N–H and O–H groups in total. The van der Waals surface area contributed by atoms with Gasteiger partial charge >= 0.3 is 0 Å². The number of primary amides is 1. The number of pyridine rings is 1. The molecule has 2 aromatic carbocycles. The van der Waals surface area contributed by atoms with Crippen molar-refractivity contribution in [1.29, 1.82) is 5.26 Å². The van der Waals surface area contributed by atoms with E-state index in [4.69, 9.17) is 17.3 Å². The number of nitrogens with two attached hydrogens (primary N) is 1. The molecule has 2 amide bonds. The zero-order valence-corrected chi connectivity index (χ0v) is 19.2. The quantitative estimate of drug-likeness (QED) is 0.429. The summed E-state index contributed by atoms with van der Waals surface area (Å²) in [6.45, 7) is 3.57. The molecule has 176 valence electrons. The van der Waals surface area contributed by atoms with Crippen molar-refractivity contribution < 1.29 is 18.4 Å². The van der Waals surface area contributed by atoms with E-state index in [1.807, 2.05) is 6.07 Å². The van der Waals surface area contributed by atoms with Crippen molar-refractivity contribution in [2.24, 2.45) is 5.73 Å². The molecule has 8 nitrogen and oxygen atoms in total. The van der Waals surface area contributed by atoms with Gasteiger partial charge in [0.15, 0.2) is 0 Å². The summed E-state index contributed by atoms with van der Waals surface area (Å²) in [4.78, 5) is 29.0. The van der Waals surface area contributed by atoms with E-state index in [2.05, 4.69) is 15.4 Å². The Balaban J connectivity index is 1.72. The summed E-state index contributed by atoms with van der Waals surface area (Å²) in [5.41, 5.74) is 7.36. The van der Waals surface area contributed by atoms with Crippen LogP contribution in [0, 0.1) is 36.8 Å². The van der Waals surface area contributed by atoms with Gasteiger partial charge in [-0.05, 0) is 43.7 Å². The first kappa shape index (κ1) is 23.8. The summed E-state index contributed by atoms with van der Waals surface area (Å²) in [7, 11) is 0. The Bertz CT molecular complexity index is 1580. The number of benzene rings is 2. The molecule has 0 bridgehead atoms. The highest BCUT2D eigenvalue weighted by atomic mass is 35.5. The number of carbonyl (C=O) groups excluding carboxylic acids is 2. The third kappa shape index (κ3) is 4.54. The van der Waals surface area contributed by atoms with Crippen molar-refractivity contribution in [3.63, 3.8) is 0 Å². The van der Waals surface area contributed by atoms with E-state index in [0.717, 1.165) is 12.1 Å². The molecule has 0 atom stereocenters. The van der Waals surface area contributed by atoms with Crippen LogP contribution >= 0.6 is 11.6 Å². The molecule has 0 radical (unpaired) electrons. The topological polar surface area (TPSA) is 127 Å². The van der Waals surface area contributed by atoms with Crippen LogP contribution in [-0.4, -0.2) is 26.6 Å². The molecule has 35 heavy (non-hydrogen) atoms. The highest BCUT2D eigenvalue weighted by Gasteiger charge is 2.21. The zero-order chi connectivity index (χ0) is 25.4. The summed E-state index contributed by atoms with van der Waals surface area (Å²) in [6.07, 6.45) is 0. The summed E-state index contributed by atoms with van der Waals surface area (Å²) in [5, 5.41) is 16.5. The van der Waals surface area contributed by atoms with Crippen molar-refractivity contribution in [3.05, 3.63) is 86.8 Å². The Kier molecular flexibility index (Phi) is 6.20. The Morgan fingerprint density at radius 1 is 1.20 bits per heavy atom. The van der Waals surface area contributed by atoms with Crippen LogP contribution in [0.3, 0.4) is 0 Å². The average molecular weight is 495 g/mol. The number of nitrogens with zero attached hydrogens (tertiary/aromatic N) is 4. The second-order valence-electron chi connectivity index (χ2n) is 7.77. The number of hydrogen-bond acceptors (Lipinski definition) is 5. The smallest absolute Gasteiger partial charge is 0.267 e. The van der Waals surface area contributed by atoms with E-state index >= 15 is 0 Å². The van der Waals surface area contributed by atoms with Gasteiger partial charge in [-0.2, -0.15) is 10.4 Å². The van der Waals surface area contributed by atoms with E-state index in [0.29, 0.717) is 22.6 Å². The monoisotopic (exact) mass is 494 g/mol. The van der Waals surface area contributed by atoms with Crippen LogP contribution in [-0.2, 0) is 6.54 Å². The van der Waals surface area contributed by atoms with Crippen LogP contribution in [0.1, 0.15) is 43.4 Å². The fraction of sp³-hybridized carbons (Fsp3) is 0.125. The van der Waals surface area contributed by atoms with Gasteiger partial charge < -0.3 is 11.1 Å². The van der Waals surface area contributed by atoms with Crippen LogP contribution in [0.15, 0.2) is 36.4 Å². The molecule has 0 spiro atoms. The van der Waals surface area contributed by atoms with Crippen LogP contribution in [0.5, 0.6) is 0 Å². The molecule has 4 rings (SSSR count). The fourth-order valence-electron chi connectivity index (χ4n) is 3.70. The molecule has 0 fully saturated rings. The Morgan fingerprint density at radius 3 is 2.63 bits per heavy atom. The SMILES string of the molecule is Cc1nn(Cc2ccc(F)cc2C#N)c(C)c1NC(=O)c1cc(C(N)=O)nc2cc(F)c(Cl)cc12. The Hall–Kier alpha value is -4.36. The summed E-state index contributed by atoms with van der Waals surface area (Å²) in [5.74, 6) is -2.78. The lowest BCUT2D eigenvalue weighted by Crippen LogP contribution is -2.18. The third-order valence-corrected chi connectivity index (χ3v) is 5.77. The van der Waals surface area contributed by atoms with Gasteiger partial charge in [0, 0.05) is 11.5 Å². The molecular formula is C24H17ClF2N6O2.